The van der Waals surface area contributed by atoms with Gasteiger partial charge >= 0.3 is 0 Å². The van der Waals surface area contributed by atoms with Gasteiger partial charge < -0.3 is 5.32 Å². The molecular formula is C15H22Cl2N2O2. The van der Waals surface area contributed by atoms with Crippen LogP contribution in [0, 0.1) is 16.0 Å². The minimum absolute atomic E-state index is 0.00767. The first kappa shape index (κ1) is 18.2. The largest absolute Gasteiger partial charge is 0.314 e. The topological polar surface area (TPSA) is 55.2 Å². The Kier molecular flexibility index (Phi) is 6.91. The first-order chi connectivity index (χ1) is 9.79. The van der Waals surface area contributed by atoms with Crippen molar-refractivity contribution in [3.8, 4) is 0 Å². The van der Waals surface area contributed by atoms with Crippen LogP contribution in [0.5, 0.6) is 0 Å². The van der Waals surface area contributed by atoms with E-state index in [1.165, 1.54) is 6.07 Å². The maximum atomic E-state index is 11.3. The number of nitrogens with zero attached hydrogens (tertiary/aromatic N) is 1. The van der Waals surface area contributed by atoms with Crippen molar-refractivity contribution in [1.29, 1.82) is 0 Å². The predicted octanol–water partition coefficient (Wildman–Crippen LogP) is 5.03. The summed E-state index contributed by atoms with van der Waals surface area (Å²) in [7, 11) is 0. The molecule has 0 amide bonds. The van der Waals surface area contributed by atoms with Gasteiger partial charge in [-0.05, 0) is 31.9 Å². The Morgan fingerprint density at radius 1 is 1.24 bits per heavy atom. The Morgan fingerprint density at radius 2 is 1.81 bits per heavy atom. The minimum Gasteiger partial charge on any atom is -0.314 e. The summed E-state index contributed by atoms with van der Waals surface area (Å²) in [5.74, 6) is 0.229. The summed E-state index contributed by atoms with van der Waals surface area (Å²) in [5.41, 5.74) is 0.675. The lowest BCUT2D eigenvalue weighted by Gasteiger charge is -2.28. The predicted molar refractivity (Wildman–Crippen MR) is 88.5 cm³/mol. The van der Waals surface area contributed by atoms with Gasteiger partial charge in [0.25, 0.3) is 5.69 Å². The molecule has 6 heteroatoms. The number of hydrogen-bond donors (Lipinski definition) is 1. The van der Waals surface area contributed by atoms with Gasteiger partial charge in [0, 0.05) is 23.6 Å². The maximum absolute atomic E-state index is 11.3. The number of nitro benzene ring substituents is 1. The van der Waals surface area contributed by atoms with E-state index in [2.05, 4.69) is 26.1 Å². The second kappa shape index (κ2) is 7.97. The Hall–Kier alpha value is -0.840. The molecule has 0 heterocycles. The van der Waals surface area contributed by atoms with Gasteiger partial charge in [0.2, 0.25) is 0 Å². The van der Waals surface area contributed by atoms with Crippen LogP contribution in [-0.4, -0.2) is 17.5 Å². The zero-order valence-electron chi connectivity index (χ0n) is 12.8. The molecule has 0 saturated carbocycles. The molecule has 1 N–H and O–H groups in total. The molecule has 118 valence electrons. The summed E-state index contributed by atoms with van der Waals surface area (Å²) in [5, 5.41) is 15.3. The van der Waals surface area contributed by atoms with Crippen LogP contribution in [0.1, 0.15) is 45.6 Å². The van der Waals surface area contributed by atoms with Gasteiger partial charge in [0.05, 0.1) is 15.0 Å². The molecule has 21 heavy (non-hydrogen) atoms. The monoisotopic (exact) mass is 332 g/mol. The van der Waals surface area contributed by atoms with Crippen molar-refractivity contribution in [2.24, 2.45) is 5.92 Å². The number of halogens is 2. The minimum atomic E-state index is -0.389. The van der Waals surface area contributed by atoms with Crippen molar-refractivity contribution in [1.82, 2.24) is 5.32 Å². The first-order valence-corrected chi connectivity index (χ1v) is 7.91. The Morgan fingerprint density at radius 3 is 2.29 bits per heavy atom. The van der Waals surface area contributed by atoms with Crippen LogP contribution in [0.15, 0.2) is 12.1 Å². The number of rotatable bonds is 7. The van der Waals surface area contributed by atoms with E-state index in [0.717, 1.165) is 13.0 Å². The highest BCUT2D eigenvalue weighted by atomic mass is 35.5. The van der Waals surface area contributed by atoms with E-state index in [1.54, 1.807) is 6.07 Å². The van der Waals surface area contributed by atoms with Gasteiger partial charge in [-0.15, -0.1) is 0 Å². The molecule has 1 aromatic rings. The number of benzene rings is 1. The molecule has 1 rings (SSSR count). The van der Waals surface area contributed by atoms with Crippen LogP contribution >= 0.6 is 23.2 Å². The average Bonchev–Trinajstić information content (AvgIpc) is 2.39. The third-order valence-corrected chi connectivity index (χ3v) is 4.32. The molecule has 0 aliphatic heterocycles. The van der Waals surface area contributed by atoms with Crippen LogP contribution in [0.3, 0.4) is 0 Å². The van der Waals surface area contributed by atoms with Crippen molar-refractivity contribution in [2.75, 3.05) is 6.54 Å². The molecule has 2 unspecified atom stereocenters. The van der Waals surface area contributed by atoms with E-state index in [-0.39, 0.29) is 33.5 Å². The summed E-state index contributed by atoms with van der Waals surface area (Å²) >= 11 is 12.0. The number of nitro groups is 1. The fourth-order valence-corrected chi connectivity index (χ4v) is 3.01. The molecule has 0 aliphatic carbocycles. The molecule has 0 fully saturated rings. The second-order valence-corrected chi connectivity index (χ2v) is 6.41. The molecule has 0 saturated heterocycles. The smallest absolute Gasteiger partial charge is 0.274 e. The highest BCUT2D eigenvalue weighted by Gasteiger charge is 2.30. The van der Waals surface area contributed by atoms with Gasteiger partial charge in [-0.2, -0.15) is 0 Å². The maximum Gasteiger partial charge on any atom is 0.274 e. The normalized spacial score (nSPS) is 14.2. The lowest BCUT2D eigenvalue weighted by molar-refractivity contribution is -0.385. The third kappa shape index (κ3) is 4.56. The average molecular weight is 333 g/mol. The summed E-state index contributed by atoms with van der Waals surface area (Å²) in [6.45, 7) is 9.12. The van der Waals surface area contributed by atoms with Crippen molar-refractivity contribution in [2.45, 2.75) is 46.1 Å². The highest BCUT2D eigenvalue weighted by Crippen LogP contribution is 2.39. The van der Waals surface area contributed by atoms with E-state index in [1.807, 2.05) is 6.92 Å². The molecule has 4 nitrogen and oxygen atoms in total. The van der Waals surface area contributed by atoms with Crippen molar-refractivity contribution in [3.05, 3.63) is 37.9 Å². The van der Waals surface area contributed by atoms with Crippen LogP contribution < -0.4 is 5.32 Å². The first-order valence-electron chi connectivity index (χ1n) is 7.16. The van der Waals surface area contributed by atoms with E-state index in [4.69, 9.17) is 23.2 Å². The van der Waals surface area contributed by atoms with E-state index in [9.17, 15) is 10.1 Å². The zero-order chi connectivity index (χ0) is 16.2. The Bertz CT molecular complexity index is 507. The molecule has 0 aliphatic rings. The lowest BCUT2D eigenvalue weighted by atomic mass is 9.82. The molecule has 2 atom stereocenters. The summed E-state index contributed by atoms with van der Waals surface area (Å²) in [4.78, 5) is 10.9. The Balaban J connectivity index is 3.30. The fraction of sp³-hybridized carbons (Fsp3) is 0.600. The lowest BCUT2D eigenvalue weighted by Crippen LogP contribution is -2.35. The van der Waals surface area contributed by atoms with Crippen LogP contribution in [0.25, 0.3) is 0 Å². The fourth-order valence-electron chi connectivity index (χ4n) is 2.68. The molecule has 0 radical (unpaired) electrons. The molecular weight excluding hydrogens is 311 g/mol. The Labute approximate surface area is 136 Å². The van der Waals surface area contributed by atoms with Gasteiger partial charge in [-0.1, -0.05) is 44.0 Å². The highest BCUT2D eigenvalue weighted by molar-refractivity contribution is 6.42. The summed E-state index contributed by atoms with van der Waals surface area (Å²) < 4.78 is 0. The van der Waals surface area contributed by atoms with E-state index >= 15 is 0 Å². The number of hydrogen-bond acceptors (Lipinski definition) is 3. The van der Waals surface area contributed by atoms with Crippen molar-refractivity contribution >= 4 is 28.9 Å². The van der Waals surface area contributed by atoms with E-state index in [0.29, 0.717) is 10.6 Å². The van der Waals surface area contributed by atoms with Gasteiger partial charge in [-0.25, -0.2) is 0 Å². The van der Waals surface area contributed by atoms with Gasteiger partial charge in [-0.3, -0.25) is 10.1 Å². The molecule has 0 spiro atoms. The quantitative estimate of drug-likeness (QED) is 0.562. The second-order valence-electron chi connectivity index (χ2n) is 5.59. The third-order valence-electron chi connectivity index (χ3n) is 3.60. The van der Waals surface area contributed by atoms with E-state index < -0.39 is 0 Å². The van der Waals surface area contributed by atoms with Crippen molar-refractivity contribution < 1.29 is 4.92 Å². The summed E-state index contributed by atoms with van der Waals surface area (Å²) in [6, 6.07) is 3.10. The van der Waals surface area contributed by atoms with Gasteiger partial charge in [0.15, 0.2) is 0 Å². The molecule has 1 aromatic carbocycles. The standard InChI is InChI=1S/C15H22Cl2N2O2/c1-5-6-18-10(4)15(9(2)3)11-7-12(16)13(17)8-14(11)19(20)21/h7-10,15,18H,5-6H2,1-4H3. The van der Waals surface area contributed by atoms with Crippen LogP contribution in [-0.2, 0) is 0 Å². The molecule has 0 bridgehead atoms. The van der Waals surface area contributed by atoms with Crippen molar-refractivity contribution in [3.63, 3.8) is 0 Å². The number of nitrogens with one attached hydrogen (secondary N) is 1. The summed E-state index contributed by atoms with van der Waals surface area (Å²) in [6.07, 6.45) is 1.01. The van der Waals surface area contributed by atoms with Crippen LogP contribution in [0.2, 0.25) is 10.0 Å². The SMILES string of the molecule is CCCNC(C)C(c1cc(Cl)c(Cl)cc1[N+](=O)[O-])C(C)C. The van der Waals surface area contributed by atoms with Crippen LogP contribution in [0.4, 0.5) is 5.69 Å². The zero-order valence-corrected chi connectivity index (χ0v) is 14.3. The molecule has 0 aromatic heterocycles. The van der Waals surface area contributed by atoms with Gasteiger partial charge in [0.1, 0.15) is 0 Å².